The quantitative estimate of drug-likeness (QED) is 0.697. The second-order valence-corrected chi connectivity index (χ2v) is 6.01. The summed E-state index contributed by atoms with van der Waals surface area (Å²) in [4.78, 5) is 20.6. The Morgan fingerprint density at radius 2 is 2.21 bits per heavy atom. The Balaban J connectivity index is 1.79. The standard InChI is InChI=1S/C18H17N3O2S/c1-3-23-17(22)13-5-4-6-14(9-13)20-18-21-16(11-24-18)15-10-19-8-7-12(15)2/h4-11H,3H2,1-2H3,(H,20,21). The van der Waals surface area contributed by atoms with Gasteiger partial charge in [-0.2, -0.15) is 0 Å². The van der Waals surface area contributed by atoms with Crippen LogP contribution in [0.2, 0.25) is 0 Å². The molecule has 0 amide bonds. The Morgan fingerprint density at radius 1 is 1.33 bits per heavy atom. The molecule has 0 fully saturated rings. The number of rotatable bonds is 5. The molecule has 2 heterocycles. The number of aryl methyl sites for hydroxylation is 1. The number of nitrogens with zero attached hydrogens (tertiary/aromatic N) is 2. The second-order valence-electron chi connectivity index (χ2n) is 5.15. The topological polar surface area (TPSA) is 64.1 Å². The van der Waals surface area contributed by atoms with Crippen molar-refractivity contribution in [1.29, 1.82) is 0 Å². The van der Waals surface area contributed by atoms with Crippen LogP contribution in [0.15, 0.2) is 48.1 Å². The van der Waals surface area contributed by atoms with Crippen molar-refractivity contribution in [1.82, 2.24) is 9.97 Å². The van der Waals surface area contributed by atoms with Crippen molar-refractivity contribution >= 4 is 28.1 Å². The number of carbonyl (C=O) groups is 1. The molecule has 0 saturated carbocycles. The summed E-state index contributed by atoms with van der Waals surface area (Å²) >= 11 is 1.51. The molecule has 3 rings (SSSR count). The highest BCUT2D eigenvalue weighted by Crippen LogP contribution is 2.28. The van der Waals surface area contributed by atoms with Crippen LogP contribution in [0.25, 0.3) is 11.3 Å². The first-order valence-corrected chi connectivity index (χ1v) is 8.46. The molecule has 3 aromatic rings. The number of hydrogen-bond acceptors (Lipinski definition) is 6. The Hall–Kier alpha value is -2.73. The average molecular weight is 339 g/mol. The van der Waals surface area contributed by atoms with Gasteiger partial charge in [0.25, 0.3) is 0 Å². The van der Waals surface area contributed by atoms with Gasteiger partial charge in [0, 0.05) is 29.0 Å². The lowest BCUT2D eigenvalue weighted by Crippen LogP contribution is -2.04. The van der Waals surface area contributed by atoms with E-state index in [1.54, 1.807) is 25.3 Å². The van der Waals surface area contributed by atoms with Crippen LogP contribution >= 0.6 is 11.3 Å². The minimum Gasteiger partial charge on any atom is -0.462 e. The van der Waals surface area contributed by atoms with E-state index >= 15 is 0 Å². The van der Waals surface area contributed by atoms with Crippen LogP contribution in [-0.4, -0.2) is 22.5 Å². The summed E-state index contributed by atoms with van der Waals surface area (Å²) in [6.45, 7) is 4.18. The van der Waals surface area contributed by atoms with Gasteiger partial charge in [0.05, 0.1) is 17.9 Å². The van der Waals surface area contributed by atoms with Crippen molar-refractivity contribution in [2.75, 3.05) is 11.9 Å². The van der Waals surface area contributed by atoms with Gasteiger partial charge in [-0.25, -0.2) is 9.78 Å². The number of anilines is 2. The predicted molar refractivity (Wildman–Crippen MR) is 95.8 cm³/mol. The highest BCUT2D eigenvalue weighted by atomic mass is 32.1. The number of ether oxygens (including phenoxy) is 1. The van der Waals surface area contributed by atoms with Crippen molar-refractivity contribution in [2.24, 2.45) is 0 Å². The molecule has 24 heavy (non-hydrogen) atoms. The number of hydrogen-bond donors (Lipinski definition) is 1. The lowest BCUT2D eigenvalue weighted by atomic mass is 10.1. The molecule has 0 spiro atoms. The minimum absolute atomic E-state index is 0.327. The summed E-state index contributed by atoms with van der Waals surface area (Å²) in [5, 5.41) is 5.98. The minimum atomic E-state index is -0.327. The Morgan fingerprint density at radius 3 is 3.00 bits per heavy atom. The lowest BCUT2D eigenvalue weighted by molar-refractivity contribution is 0.0526. The summed E-state index contributed by atoms with van der Waals surface area (Å²) in [7, 11) is 0. The molecule has 122 valence electrons. The van der Waals surface area contributed by atoms with Crippen LogP contribution in [0.1, 0.15) is 22.8 Å². The molecule has 0 aliphatic carbocycles. The number of pyridine rings is 1. The van der Waals surface area contributed by atoms with Crippen LogP contribution in [-0.2, 0) is 4.74 Å². The van der Waals surface area contributed by atoms with Crippen molar-refractivity contribution in [2.45, 2.75) is 13.8 Å². The van der Waals surface area contributed by atoms with Crippen molar-refractivity contribution in [3.63, 3.8) is 0 Å². The number of thiazole rings is 1. The maximum Gasteiger partial charge on any atom is 0.338 e. The normalized spacial score (nSPS) is 10.4. The van der Waals surface area contributed by atoms with Gasteiger partial charge in [-0.1, -0.05) is 6.07 Å². The maximum absolute atomic E-state index is 11.8. The molecule has 2 aromatic heterocycles. The van der Waals surface area contributed by atoms with Crippen LogP contribution in [0.4, 0.5) is 10.8 Å². The Labute approximate surface area is 144 Å². The van der Waals surface area contributed by atoms with E-state index in [0.717, 1.165) is 27.6 Å². The van der Waals surface area contributed by atoms with E-state index in [2.05, 4.69) is 15.3 Å². The van der Waals surface area contributed by atoms with Crippen LogP contribution in [0.5, 0.6) is 0 Å². The number of nitrogens with one attached hydrogen (secondary N) is 1. The number of carbonyl (C=O) groups excluding carboxylic acids is 1. The molecular formula is C18H17N3O2S. The average Bonchev–Trinajstić information content (AvgIpc) is 3.04. The summed E-state index contributed by atoms with van der Waals surface area (Å²) in [5.41, 5.74) is 4.34. The molecule has 1 N–H and O–H groups in total. The molecule has 0 saturated heterocycles. The number of esters is 1. The van der Waals surface area contributed by atoms with E-state index in [-0.39, 0.29) is 5.97 Å². The summed E-state index contributed by atoms with van der Waals surface area (Å²) in [6.07, 6.45) is 3.58. The SMILES string of the molecule is CCOC(=O)c1cccc(Nc2nc(-c3cnccc3C)cs2)c1. The van der Waals surface area contributed by atoms with E-state index < -0.39 is 0 Å². The first kappa shape index (κ1) is 16.1. The number of benzene rings is 1. The van der Waals surface area contributed by atoms with Gasteiger partial charge in [0.1, 0.15) is 0 Å². The third-order valence-electron chi connectivity index (χ3n) is 3.44. The molecule has 0 atom stereocenters. The predicted octanol–water partition coefficient (Wildman–Crippen LogP) is 4.43. The molecule has 0 aliphatic rings. The van der Waals surface area contributed by atoms with Gasteiger partial charge in [-0.15, -0.1) is 11.3 Å². The molecular weight excluding hydrogens is 322 g/mol. The Bertz CT molecular complexity index is 861. The largest absolute Gasteiger partial charge is 0.462 e. The second kappa shape index (κ2) is 7.23. The van der Waals surface area contributed by atoms with E-state index in [1.807, 2.05) is 36.7 Å². The molecule has 0 unspecified atom stereocenters. The lowest BCUT2D eigenvalue weighted by Gasteiger charge is -2.06. The zero-order chi connectivity index (χ0) is 16.9. The van der Waals surface area contributed by atoms with Gasteiger partial charge in [-0.05, 0) is 43.7 Å². The summed E-state index contributed by atoms with van der Waals surface area (Å²) in [6, 6.07) is 9.15. The third-order valence-corrected chi connectivity index (χ3v) is 4.20. The maximum atomic E-state index is 11.8. The fraction of sp³-hybridized carbons (Fsp3) is 0.167. The van der Waals surface area contributed by atoms with E-state index in [4.69, 9.17) is 4.74 Å². The van der Waals surface area contributed by atoms with Gasteiger partial charge in [-0.3, -0.25) is 4.98 Å². The first-order valence-electron chi connectivity index (χ1n) is 7.58. The third kappa shape index (κ3) is 3.60. The first-order chi connectivity index (χ1) is 11.7. The van der Waals surface area contributed by atoms with Gasteiger partial charge < -0.3 is 10.1 Å². The molecule has 0 bridgehead atoms. The van der Waals surface area contributed by atoms with E-state index in [9.17, 15) is 4.79 Å². The van der Waals surface area contributed by atoms with Crippen molar-refractivity contribution < 1.29 is 9.53 Å². The highest BCUT2D eigenvalue weighted by molar-refractivity contribution is 7.14. The fourth-order valence-corrected chi connectivity index (χ4v) is 2.98. The van der Waals surface area contributed by atoms with Gasteiger partial charge in [0.15, 0.2) is 5.13 Å². The smallest absolute Gasteiger partial charge is 0.338 e. The molecule has 0 radical (unpaired) electrons. The van der Waals surface area contributed by atoms with Crippen LogP contribution < -0.4 is 5.32 Å². The molecule has 5 nitrogen and oxygen atoms in total. The molecule has 0 aliphatic heterocycles. The zero-order valence-electron chi connectivity index (χ0n) is 13.4. The zero-order valence-corrected chi connectivity index (χ0v) is 14.3. The summed E-state index contributed by atoms with van der Waals surface area (Å²) < 4.78 is 5.02. The highest BCUT2D eigenvalue weighted by Gasteiger charge is 2.10. The van der Waals surface area contributed by atoms with Crippen molar-refractivity contribution in [3.8, 4) is 11.3 Å². The van der Waals surface area contributed by atoms with E-state index in [0.29, 0.717) is 12.2 Å². The van der Waals surface area contributed by atoms with Gasteiger partial charge in [0.2, 0.25) is 0 Å². The van der Waals surface area contributed by atoms with Crippen molar-refractivity contribution in [3.05, 3.63) is 59.2 Å². The number of aromatic nitrogens is 2. The molecule has 6 heteroatoms. The monoisotopic (exact) mass is 339 g/mol. The molecule has 1 aromatic carbocycles. The Kier molecular flexibility index (Phi) is 4.86. The fourth-order valence-electron chi connectivity index (χ4n) is 2.25. The summed E-state index contributed by atoms with van der Waals surface area (Å²) in [5.74, 6) is -0.327. The van der Waals surface area contributed by atoms with Gasteiger partial charge >= 0.3 is 5.97 Å². The van der Waals surface area contributed by atoms with Crippen LogP contribution in [0, 0.1) is 6.92 Å². The van der Waals surface area contributed by atoms with Crippen LogP contribution in [0.3, 0.4) is 0 Å². The van der Waals surface area contributed by atoms with E-state index in [1.165, 1.54) is 11.3 Å².